The number of fused-ring (bicyclic) bond motifs is 1. The molecule has 0 saturated heterocycles. The molecule has 0 unspecified atom stereocenters. The normalized spacial score (nSPS) is 11.0. The molecule has 1 aromatic heterocycles. The standard InChI is InChI=1S/C8H2Cl4N2O2/c9-3-1-5-6(2-4(3)10)14(16)8(12)7(11)13(5)15/h1-2H. The lowest BCUT2D eigenvalue weighted by atomic mass is 10.3. The Bertz CT molecular complexity index is 653. The molecule has 0 fully saturated rings. The molecule has 0 N–H and O–H groups in total. The van der Waals surface area contributed by atoms with Crippen molar-refractivity contribution in [1.29, 1.82) is 0 Å². The first-order valence-electron chi connectivity index (χ1n) is 3.92. The highest BCUT2D eigenvalue weighted by Gasteiger charge is 2.20. The minimum Gasteiger partial charge on any atom is -0.804 e. The third-order valence-corrected chi connectivity index (χ3v) is 3.47. The predicted octanol–water partition coefficient (Wildman–Crippen LogP) is 3.52. The molecule has 8 heteroatoms. The Morgan fingerprint density at radius 1 is 1.12 bits per heavy atom. The summed E-state index contributed by atoms with van der Waals surface area (Å²) in [5.74, 6) is 0. The van der Waals surface area contributed by atoms with Gasteiger partial charge in [-0.15, -0.1) is 0 Å². The molecule has 0 radical (unpaired) electrons. The van der Waals surface area contributed by atoms with Crippen LogP contribution in [0.4, 0.5) is 0 Å². The Labute approximate surface area is 109 Å². The largest absolute Gasteiger partial charge is 0.804 e. The summed E-state index contributed by atoms with van der Waals surface area (Å²) in [6.07, 6.45) is 0. The van der Waals surface area contributed by atoms with Gasteiger partial charge in [-0.25, -0.2) is 0 Å². The molecule has 0 amide bonds. The van der Waals surface area contributed by atoms with Gasteiger partial charge in [0.2, 0.25) is 0 Å². The van der Waals surface area contributed by atoms with Crippen molar-refractivity contribution in [1.82, 2.24) is 4.73 Å². The highest BCUT2D eigenvalue weighted by Crippen LogP contribution is 2.29. The smallest absolute Gasteiger partial charge is 0.366 e. The molecule has 16 heavy (non-hydrogen) atoms. The number of benzene rings is 1. The topological polar surface area (TPSA) is 51.0 Å². The molecule has 0 aliphatic heterocycles. The Kier molecular flexibility index (Phi) is 2.92. The second-order valence-corrected chi connectivity index (χ2v) is 4.46. The first-order chi connectivity index (χ1) is 7.43. The molecule has 0 bridgehead atoms. The molecule has 4 nitrogen and oxygen atoms in total. The molecule has 0 aliphatic rings. The second-order valence-electron chi connectivity index (χ2n) is 2.93. The van der Waals surface area contributed by atoms with Gasteiger partial charge in [0, 0.05) is 11.0 Å². The number of rotatable bonds is 0. The molecule has 1 heterocycles. The lowest BCUT2D eigenvalue weighted by molar-refractivity contribution is -0.461. The molecule has 84 valence electrons. The fourth-order valence-electron chi connectivity index (χ4n) is 1.23. The van der Waals surface area contributed by atoms with Crippen molar-refractivity contribution in [3.63, 3.8) is 0 Å². The summed E-state index contributed by atoms with van der Waals surface area (Å²) in [5, 5.41) is 11.1. The van der Waals surface area contributed by atoms with E-state index in [1.165, 1.54) is 12.1 Å². The summed E-state index contributed by atoms with van der Waals surface area (Å²) in [6.45, 7) is 0. The van der Waals surface area contributed by atoms with Crippen LogP contribution < -0.4 is 4.43 Å². The van der Waals surface area contributed by atoms with Crippen LogP contribution in [-0.4, -0.2) is 4.73 Å². The van der Waals surface area contributed by atoms with Gasteiger partial charge in [-0.05, 0) is 17.7 Å². The van der Waals surface area contributed by atoms with Gasteiger partial charge >= 0.3 is 5.15 Å². The van der Waals surface area contributed by atoms with Gasteiger partial charge in [0.05, 0.1) is 14.5 Å². The van der Waals surface area contributed by atoms with Crippen molar-refractivity contribution in [3.05, 3.63) is 42.6 Å². The predicted molar refractivity (Wildman–Crippen MR) is 64.1 cm³/mol. The average Bonchev–Trinajstić information content (AvgIpc) is 2.26. The lowest BCUT2D eigenvalue weighted by Crippen LogP contribution is -2.20. The third-order valence-electron chi connectivity index (χ3n) is 1.98. The highest BCUT2D eigenvalue weighted by atomic mass is 35.5. The maximum absolute atomic E-state index is 11.6. The van der Waals surface area contributed by atoms with E-state index in [4.69, 9.17) is 46.4 Å². The number of halogens is 4. The van der Waals surface area contributed by atoms with Crippen LogP contribution in [0.3, 0.4) is 0 Å². The van der Waals surface area contributed by atoms with Gasteiger partial charge in [-0.1, -0.05) is 34.8 Å². The molecule has 0 spiro atoms. The highest BCUT2D eigenvalue weighted by molar-refractivity contribution is 6.43. The fraction of sp³-hybridized carbons (Fsp3) is 0. The van der Waals surface area contributed by atoms with E-state index in [-0.39, 0.29) is 21.1 Å². The number of hydrogen-bond donors (Lipinski definition) is 0. The van der Waals surface area contributed by atoms with Crippen molar-refractivity contribution in [2.75, 3.05) is 0 Å². The Hall–Kier alpha value is -0.680. The molecule has 1 aromatic carbocycles. The van der Waals surface area contributed by atoms with E-state index in [2.05, 4.69) is 0 Å². The summed E-state index contributed by atoms with van der Waals surface area (Å²) in [7, 11) is 0. The monoisotopic (exact) mass is 298 g/mol. The van der Waals surface area contributed by atoms with E-state index >= 15 is 0 Å². The van der Waals surface area contributed by atoms with E-state index in [0.717, 1.165) is 0 Å². The van der Waals surface area contributed by atoms with Gasteiger partial charge in [0.1, 0.15) is 5.52 Å². The van der Waals surface area contributed by atoms with Crippen molar-refractivity contribution in [3.8, 4) is 0 Å². The molecule has 2 aromatic rings. The van der Waals surface area contributed by atoms with Crippen LogP contribution in [0.2, 0.25) is 20.4 Å². The summed E-state index contributed by atoms with van der Waals surface area (Å²) >= 11 is 22.6. The van der Waals surface area contributed by atoms with Gasteiger partial charge in [0.15, 0.2) is 5.15 Å². The molecular weight excluding hydrogens is 298 g/mol. The van der Waals surface area contributed by atoms with Gasteiger partial charge in [-0.2, -0.15) is 0 Å². The van der Waals surface area contributed by atoms with Crippen LogP contribution in [-0.2, 0) is 0 Å². The molecule has 2 rings (SSSR count). The first-order valence-corrected chi connectivity index (χ1v) is 5.43. The Morgan fingerprint density at radius 2 is 1.69 bits per heavy atom. The maximum atomic E-state index is 11.6. The van der Waals surface area contributed by atoms with E-state index in [1.54, 1.807) is 0 Å². The molecule has 0 atom stereocenters. The molecule has 0 aliphatic carbocycles. The van der Waals surface area contributed by atoms with Crippen LogP contribution in [0.5, 0.6) is 0 Å². The zero-order valence-electron chi connectivity index (χ0n) is 7.38. The van der Waals surface area contributed by atoms with E-state index in [0.29, 0.717) is 9.16 Å². The van der Waals surface area contributed by atoms with Crippen molar-refractivity contribution >= 4 is 57.4 Å². The van der Waals surface area contributed by atoms with Crippen molar-refractivity contribution in [2.45, 2.75) is 0 Å². The van der Waals surface area contributed by atoms with Crippen LogP contribution in [0.1, 0.15) is 0 Å². The minimum atomic E-state index is -0.414. The van der Waals surface area contributed by atoms with Crippen molar-refractivity contribution < 1.29 is 4.43 Å². The molecular formula is C8H2Cl4N2O2. The van der Waals surface area contributed by atoms with Crippen LogP contribution >= 0.6 is 46.4 Å². The van der Waals surface area contributed by atoms with Gasteiger partial charge < -0.3 is 9.94 Å². The minimum absolute atomic E-state index is 0.00111. The quantitative estimate of drug-likeness (QED) is 0.699. The lowest BCUT2D eigenvalue weighted by Gasteiger charge is -2.13. The Balaban J connectivity index is 3.09. The van der Waals surface area contributed by atoms with E-state index < -0.39 is 10.3 Å². The van der Waals surface area contributed by atoms with Gasteiger partial charge in [0.25, 0.3) is 5.52 Å². The third kappa shape index (κ3) is 1.62. The maximum Gasteiger partial charge on any atom is 0.366 e. The van der Waals surface area contributed by atoms with Gasteiger partial charge in [-0.3, -0.25) is 0 Å². The molecule has 0 saturated carbocycles. The summed E-state index contributed by atoms with van der Waals surface area (Å²) in [4.78, 5) is 11.6. The summed E-state index contributed by atoms with van der Waals surface area (Å²) < 4.78 is 0.631. The number of aromatic nitrogens is 2. The fourth-order valence-corrected chi connectivity index (χ4v) is 1.88. The second kappa shape index (κ2) is 3.96. The first kappa shape index (κ1) is 11.8. The SMILES string of the molecule is O=[n+]1c(Cl)c(Cl)n([O-])c2cc(Cl)c(Cl)cc21. The Morgan fingerprint density at radius 3 is 2.31 bits per heavy atom. The zero-order valence-corrected chi connectivity index (χ0v) is 10.4. The van der Waals surface area contributed by atoms with Crippen LogP contribution in [0.25, 0.3) is 11.0 Å². The van der Waals surface area contributed by atoms with Crippen LogP contribution in [0, 0.1) is 10.1 Å². The number of hydrogen-bond acceptors (Lipinski definition) is 2. The van der Waals surface area contributed by atoms with E-state index in [9.17, 15) is 10.1 Å². The van der Waals surface area contributed by atoms with Crippen LogP contribution in [0.15, 0.2) is 12.1 Å². The average molecular weight is 300 g/mol. The summed E-state index contributed by atoms with van der Waals surface area (Å²) in [5.41, 5.74) is -0.00222. The number of nitrogens with zero attached hydrogens (tertiary/aromatic N) is 2. The zero-order chi connectivity index (χ0) is 12.0. The van der Waals surface area contributed by atoms with Crippen molar-refractivity contribution in [2.24, 2.45) is 0 Å². The summed E-state index contributed by atoms with van der Waals surface area (Å²) in [6, 6.07) is 2.51. The van der Waals surface area contributed by atoms with E-state index in [1.807, 2.05) is 0 Å².